The van der Waals surface area contributed by atoms with Gasteiger partial charge >= 0.3 is 0 Å². The Morgan fingerprint density at radius 3 is 2.42 bits per heavy atom. The first-order valence-electron chi connectivity index (χ1n) is 8.01. The van der Waals surface area contributed by atoms with Crippen LogP contribution in [0.4, 0.5) is 5.69 Å². The van der Waals surface area contributed by atoms with E-state index in [0.717, 1.165) is 0 Å². The summed E-state index contributed by atoms with van der Waals surface area (Å²) in [5, 5.41) is 2.76. The fourth-order valence-electron chi connectivity index (χ4n) is 2.11. The van der Waals surface area contributed by atoms with Crippen LogP contribution in [0, 0.1) is 0 Å². The van der Waals surface area contributed by atoms with Crippen LogP contribution in [0.15, 0.2) is 48.5 Å². The molecule has 0 spiro atoms. The highest BCUT2D eigenvalue weighted by Crippen LogP contribution is 2.24. The normalized spacial score (nSPS) is 11.6. The molecule has 1 atom stereocenters. The summed E-state index contributed by atoms with van der Waals surface area (Å²) in [6.07, 6.45) is 1.05. The molecule has 2 rings (SSSR count). The maximum Gasteiger partial charge on any atom is 0.241 e. The number of ketones is 1. The molecule has 2 aromatic rings. The van der Waals surface area contributed by atoms with E-state index in [2.05, 4.69) is 5.32 Å². The van der Waals surface area contributed by atoms with Gasteiger partial charge in [0.25, 0.3) is 0 Å². The van der Waals surface area contributed by atoms with Crippen molar-refractivity contribution >= 4 is 17.4 Å². The van der Waals surface area contributed by atoms with Gasteiger partial charge in [0.1, 0.15) is 11.5 Å². The lowest BCUT2D eigenvalue weighted by Gasteiger charge is -2.12. The largest absolute Gasteiger partial charge is 0.457 e. The SMILES string of the molecule is CCC(=O)c1ccc(Oc2cccc(NC(=O)C(N)CC)c2)cc1. The number of anilines is 1. The van der Waals surface area contributed by atoms with Crippen LogP contribution in [-0.4, -0.2) is 17.7 Å². The van der Waals surface area contributed by atoms with Gasteiger partial charge in [-0.05, 0) is 42.8 Å². The van der Waals surface area contributed by atoms with Gasteiger partial charge in [0.2, 0.25) is 5.91 Å². The summed E-state index contributed by atoms with van der Waals surface area (Å²) in [5.74, 6) is 1.08. The molecule has 1 amide bonds. The first-order chi connectivity index (χ1) is 11.5. The van der Waals surface area contributed by atoms with E-state index in [1.165, 1.54) is 0 Å². The second-order valence-electron chi connectivity index (χ2n) is 5.43. The van der Waals surface area contributed by atoms with Crippen molar-refractivity contribution in [1.29, 1.82) is 0 Å². The fourth-order valence-corrected chi connectivity index (χ4v) is 2.11. The van der Waals surface area contributed by atoms with Crippen molar-refractivity contribution in [2.24, 2.45) is 5.73 Å². The molecule has 24 heavy (non-hydrogen) atoms. The second kappa shape index (κ2) is 8.26. The summed E-state index contributed by atoms with van der Waals surface area (Å²) in [4.78, 5) is 23.5. The van der Waals surface area contributed by atoms with Crippen molar-refractivity contribution in [2.75, 3.05) is 5.32 Å². The van der Waals surface area contributed by atoms with Gasteiger partial charge in [-0.15, -0.1) is 0 Å². The zero-order valence-corrected chi connectivity index (χ0v) is 13.9. The van der Waals surface area contributed by atoms with Gasteiger partial charge in [-0.25, -0.2) is 0 Å². The van der Waals surface area contributed by atoms with Crippen molar-refractivity contribution < 1.29 is 14.3 Å². The molecule has 0 fully saturated rings. The molecular weight excluding hydrogens is 304 g/mol. The van der Waals surface area contributed by atoms with E-state index in [1.807, 2.05) is 13.8 Å². The molecule has 0 saturated carbocycles. The molecule has 0 aromatic heterocycles. The first kappa shape index (κ1) is 17.7. The topological polar surface area (TPSA) is 81.4 Å². The molecule has 2 aromatic carbocycles. The van der Waals surface area contributed by atoms with E-state index in [4.69, 9.17) is 10.5 Å². The number of hydrogen-bond acceptors (Lipinski definition) is 4. The Labute approximate surface area is 141 Å². The Balaban J connectivity index is 2.06. The predicted octanol–water partition coefficient (Wildman–Crippen LogP) is 3.75. The third-order valence-corrected chi connectivity index (χ3v) is 3.61. The second-order valence-corrected chi connectivity index (χ2v) is 5.43. The van der Waals surface area contributed by atoms with Crippen LogP contribution in [0.3, 0.4) is 0 Å². The molecule has 5 heteroatoms. The number of rotatable bonds is 7. The van der Waals surface area contributed by atoms with E-state index < -0.39 is 6.04 Å². The lowest BCUT2D eigenvalue weighted by molar-refractivity contribution is -0.117. The first-order valence-corrected chi connectivity index (χ1v) is 8.01. The molecule has 3 N–H and O–H groups in total. The number of benzene rings is 2. The van der Waals surface area contributed by atoms with Gasteiger partial charge in [0.05, 0.1) is 6.04 Å². The fraction of sp³-hybridized carbons (Fsp3) is 0.263. The summed E-state index contributed by atoms with van der Waals surface area (Å²) in [6.45, 7) is 3.69. The van der Waals surface area contributed by atoms with Crippen molar-refractivity contribution in [1.82, 2.24) is 0 Å². The van der Waals surface area contributed by atoms with Crippen LogP contribution in [0.1, 0.15) is 37.0 Å². The van der Waals surface area contributed by atoms with Gasteiger partial charge in [-0.2, -0.15) is 0 Å². The van der Waals surface area contributed by atoms with E-state index in [0.29, 0.717) is 35.6 Å². The zero-order valence-electron chi connectivity index (χ0n) is 13.9. The molecule has 0 aliphatic carbocycles. The summed E-state index contributed by atoms with van der Waals surface area (Å²) in [7, 11) is 0. The molecule has 0 bridgehead atoms. The molecular formula is C19H22N2O3. The smallest absolute Gasteiger partial charge is 0.241 e. The van der Waals surface area contributed by atoms with Crippen LogP contribution in [0.25, 0.3) is 0 Å². The lowest BCUT2D eigenvalue weighted by atomic mass is 10.1. The van der Waals surface area contributed by atoms with E-state index in [-0.39, 0.29) is 11.7 Å². The lowest BCUT2D eigenvalue weighted by Crippen LogP contribution is -2.34. The van der Waals surface area contributed by atoms with Crippen molar-refractivity contribution in [3.8, 4) is 11.5 Å². The Bertz CT molecular complexity index is 711. The molecule has 1 unspecified atom stereocenters. The summed E-state index contributed by atoms with van der Waals surface area (Å²) < 4.78 is 5.76. The van der Waals surface area contributed by atoms with E-state index in [9.17, 15) is 9.59 Å². The molecule has 126 valence electrons. The maximum atomic E-state index is 11.8. The van der Waals surface area contributed by atoms with Gasteiger partial charge in [-0.1, -0.05) is 19.9 Å². The highest BCUT2D eigenvalue weighted by Gasteiger charge is 2.11. The number of amides is 1. The van der Waals surface area contributed by atoms with E-state index in [1.54, 1.807) is 48.5 Å². The molecule has 0 radical (unpaired) electrons. The maximum absolute atomic E-state index is 11.8. The van der Waals surface area contributed by atoms with Crippen LogP contribution in [0.5, 0.6) is 11.5 Å². The minimum absolute atomic E-state index is 0.0959. The average Bonchev–Trinajstić information content (AvgIpc) is 2.61. The highest BCUT2D eigenvalue weighted by atomic mass is 16.5. The van der Waals surface area contributed by atoms with Gasteiger partial charge in [0, 0.05) is 23.7 Å². The number of nitrogens with two attached hydrogens (primary N) is 1. The number of Topliss-reactive ketones (excluding diaryl/α,β-unsaturated/α-hetero) is 1. The third-order valence-electron chi connectivity index (χ3n) is 3.61. The van der Waals surface area contributed by atoms with Gasteiger partial charge < -0.3 is 15.8 Å². The number of ether oxygens (including phenoxy) is 1. The van der Waals surface area contributed by atoms with Crippen molar-refractivity contribution in [2.45, 2.75) is 32.7 Å². The van der Waals surface area contributed by atoms with Crippen LogP contribution in [-0.2, 0) is 4.79 Å². The number of hydrogen-bond donors (Lipinski definition) is 2. The minimum atomic E-state index is -0.529. The zero-order chi connectivity index (χ0) is 17.5. The number of carbonyl (C=O) groups excluding carboxylic acids is 2. The van der Waals surface area contributed by atoms with Gasteiger partial charge in [0.15, 0.2) is 5.78 Å². The molecule has 0 saturated heterocycles. The standard InChI is InChI=1S/C19H22N2O3/c1-3-17(20)19(23)21-14-6-5-7-16(12-14)24-15-10-8-13(9-11-15)18(22)4-2/h5-12,17H,3-4,20H2,1-2H3,(H,21,23). The van der Waals surface area contributed by atoms with Crippen LogP contribution in [0.2, 0.25) is 0 Å². The number of nitrogens with one attached hydrogen (secondary N) is 1. The Morgan fingerprint density at radius 2 is 1.79 bits per heavy atom. The van der Waals surface area contributed by atoms with Crippen molar-refractivity contribution in [3.63, 3.8) is 0 Å². The molecule has 0 aliphatic heterocycles. The van der Waals surface area contributed by atoms with Crippen LogP contribution >= 0.6 is 0 Å². The molecule has 0 heterocycles. The highest BCUT2D eigenvalue weighted by molar-refractivity contribution is 5.96. The minimum Gasteiger partial charge on any atom is -0.457 e. The average molecular weight is 326 g/mol. The number of carbonyl (C=O) groups is 2. The van der Waals surface area contributed by atoms with E-state index >= 15 is 0 Å². The summed E-state index contributed by atoms with van der Waals surface area (Å²) >= 11 is 0. The Kier molecular flexibility index (Phi) is 6.09. The quantitative estimate of drug-likeness (QED) is 0.759. The Hall–Kier alpha value is -2.66. The van der Waals surface area contributed by atoms with Gasteiger partial charge in [-0.3, -0.25) is 9.59 Å². The Morgan fingerprint density at radius 1 is 1.08 bits per heavy atom. The third kappa shape index (κ3) is 4.67. The van der Waals surface area contributed by atoms with Crippen LogP contribution < -0.4 is 15.8 Å². The molecule has 5 nitrogen and oxygen atoms in total. The molecule has 0 aliphatic rings. The predicted molar refractivity (Wildman–Crippen MR) is 94.5 cm³/mol. The summed E-state index contributed by atoms with van der Waals surface area (Å²) in [6, 6.07) is 13.5. The van der Waals surface area contributed by atoms with Crippen molar-refractivity contribution in [3.05, 3.63) is 54.1 Å². The monoisotopic (exact) mass is 326 g/mol. The summed E-state index contributed by atoms with van der Waals surface area (Å²) in [5.41, 5.74) is 7.00.